The van der Waals surface area contributed by atoms with Crippen molar-refractivity contribution in [2.75, 3.05) is 7.11 Å². The molecule has 0 spiro atoms. The van der Waals surface area contributed by atoms with Crippen molar-refractivity contribution in [2.24, 2.45) is 0 Å². The fourth-order valence-electron chi connectivity index (χ4n) is 1.85. The average molecular weight is 206 g/mol. The van der Waals surface area contributed by atoms with Crippen LogP contribution in [0.15, 0.2) is 42.5 Å². The number of hydrogen-bond acceptors (Lipinski definition) is 1. The van der Waals surface area contributed by atoms with Crippen molar-refractivity contribution in [1.82, 2.24) is 0 Å². The van der Waals surface area contributed by atoms with Gasteiger partial charge in [-0.25, -0.2) is 0 Å². The Morgan fingerprint density at radius 1 is 0.812 bits per heavy atom. The van der Waals surface area contributed by atoms with Crippen molar-refractivity contribution in [3.8, 4) is 5.75 Å². The lowest BCUT2D eigenvalue weighted by Crippen LogP contribution is -1.83. The second kappa shape index (κ2) is 3.53. The zero-order valence-electron chi connectivity index (χ0n) is 8.95. The van der Waals surface area contributed by atoms with Crippen LogP contribution in [-0.2, 0) is 0 Å². The van der Waals surface area contributed by atoms with Crippen LogP contribution in [0.3, 0.4) is 0 Å². The van der Waals surface area contributed by atoms with Crippen LogP contribution in [0.2, 0.25) is 0 Å². The first kappa shape index (κ1) is 9.22. The molecule has 0 N–H and O–H groups in total. The number of fused-ring (bicyclic) bond motifs is 2. The molecule has 0 amide bonds. The predicted molar refractivity (Wildman–Crippen MR) is 65.7 cm³/mol. The number of rotatable bonds is 1. The van der Waals surface area contributed by atoms with Gasteiger partial charge in [0.05, 0.1) is 7.11 Å². The van der Waals surface area contributed by atoms with Crippen molar-refractivity contribution in [1.29, 1.82) is 0 Å². The highest BCUT2D eigenvalue weighted by Gasteiger charge is 2.00. The number of ether oxygens (including phenoxy) is 1. The molecule has 16 heavy (non-hydrogen) atoms. The number of hydrogen-bond donors (Lipinski definition) is 0. The summed E-state index contributed by atoms with van der Waals surface area (Å²) in [5, 5.41) is 4.29. The first-order valence-electron chi connectivity index (χ1n) is 5.18. The molecule has 0 saturated carbocycles. The van der Waals surface area contributed by atoms with Crippen molar-refractivity contribution in [3.63, 3.8) is 0 Å². The Morgan fingerprint density at radius 3 is 2.12 bits per heavy atom. The summed E-state index contributed by atoms with van der Waals surface area (Å²) in [5.74, 6) is 0.854. The number of methoxy groups -OCH3 is 1. The Kier molecular flexibility index (Phi) is 2.03. The molecule has 1 nitrogen and oxygen atoms in total. The van der Waals surface area contributed by atoms with E-state index in [4.69, 9.17) is 4.74 Å². The molecule has 0 heterocycles. The van der Waals surface area contributed by atoms with Crippen molar-refractivity contribution in [2.45, 2.75) is 0 Å². The zero-order chi connectivity index (χ0) is 11.0. The maximum Gasteiger partial charge on any atom is 0.119 e. The molecule has 0 aliphatic rings. The molecule has 0 bridgehead atoms. The van der Waals surface area contributed by atoms with Gasteiger partial charge < -0.3 is 4.74 Å². The van der Waals surface area contributed by atoms with Gasteiger partial charge in [0, 0.05) is 0 Å². The molecule has 0 aliphatic heterocycles. The van der Waals surface area contributed by atoms with Gasteiger partial charge in [-0.15, -0.1) is 0 Å². The van der Waals surface area contributed by atoms with Crippen molar-refractivity contribution >= 4 is 21.5 Å². The van der Waals surface area contributed by atoms with E-state index >= 15 is 0 Å². The molecule has 1 heteroatoms. The van der Waals surface area contributed by atoms with Crippen LogP contribution in [0.1, 0.15) is 0 Å². The van der Waals surface area contributed by atoms with Crippen LogP contribution in [0.5, 0.6) is 5.75 Å². The Labute approximate surface area is 94.3 Å². The molecule has 76 valence electrons. The first-order chi connectivity index (χ1) is 7.86. The summed E-state index contributed by atoms with van der Waals surface area (Å²) < 4.78 is 5.20. The van der Waals surface area contributed by atoms with Gasteiger partial charge in [0.15, 0.2) is 0 Å². The highest BCUT2D eigenvalue weighted by molar-refractivity contribution is 5.97. The predicted octanol–water partition coefficient (Wildman–Crippen LogP) is 3.60. The summed E-state index contributed by atoms with van der Waals surface area (Å²) in [7, 11) is 1.67. The normalized spacial score (nSPS) is 10.8. The van der Waals surface area contributed by atoms with Gasteiger partial charge in [-0.1, -0.05) is 30.3 Å². The fraction of sp³-hybridized carbons (Fsp3) is 0.0667. The Morgan fingerprint density at radius 2 is 1.44 bits per heavy atom. The second-order valence-corrected chi connectivity index (χ2v) is 3.71. The van der Waals surface area contributed by atoms with E-state index in [1.807, 2.05) is 36.4 Å². The lowest BCUT2D eigenvalue weighted by molar-refractivity contribution is 0.415. The number of benzene rings is 3. The van der Waals surface area contributed by atoms with E-state index in [1.54, 1.807) is 7.11 Å². The Bertz CT molecular complexity index is 656. The van der Waals surface area contributed by atoms with E-state index < -0.39 is 0 Å². The second-order valence-electron chi connectivity index (χ2n) is 3.71. The van der Waals surface area contributed by atoms with Crippen LogP contribution in [0.4, 0.5) is 0 Å². The Balaban J connectivity index is 2.37. The van der Waals surface area contributed by atoms with E-state index in [1.165, 1.54) is 0 Å². The van der Waals surface area contributed by atoms with E-state index in [2.05, 4.69) is 18.2 Å². The monoisotopic (exact) mass is 206 g/mol. The van der Waals surface area contributed by atoms with Crippen LogP contribution in [0, 0.1) is 12.1 Å². The highest BCUT2D eigenvalue weighted by atomic mass is 16.5. The molecular weight excluding hydrogens is 196 g/mol. The molecule has 0 aromatic heterocycles. The van der Waals surface area contributed by atoms with Gasteiger partial charge in [0.25, 0.3) is 0 Å². The summed E-state index contributed by atoms with van der Waals surface area (Å²) in [4.78, 5) is 0. The SMILES string of the molecule is COc1ccc2[c]c3ccccc3[c]c2c1. The minimum Gasteiger partial charge on any atom is -0.497 e. The minimum absolute atomic E-state index is 0.854. The van der Waals surface area contributed by atoms with Crippen molar-refractivity contribution in [3.05, 3.63) is 54.6 Å². The topological polar surface area (TPSA) is 9.23 Å². The zero-order valence-corrected chi connectivity index (χ0v) is 8.95. The lowest BCUT2D eigenvalue weighted by Gasteiger charge is -2.03. The minimum atomic E-state index is 0.854. The molecule has 0 fully saturated rings. The molecule has 0 atom stereocenters. The van der Waals surface area contributed by atoms with Gasteiger partial charge >= 0.3 is 0 Å². The summed E-state index contributed by atoms with van der Waals surface area (Å²) in [5.41, 5.74) is 0. The molecule has 3 rings (SSSR count). The van der Waals surface area contributed by atoms with Crippen LogP contribution in [-0.4, -0.2) is 7.11 Å². The molecule has 3 aromatic carbocycles. The first-order valence-corrected chi connectivity index (χ1v) is 5.18. The summed E-state index contributed by atoms with van der Waals surface area (Å²) >= 11 is 0. The van der Waals surface area contributed by atoms with Gasteiger partial charge in [-0.2, -0.15) is 0 Å². The molecule has 3 aromatic rings. The highest BCUT2D eigenvalue weighted by Crippen LogP contribution is 2.24. The van der Waals surface area contributed by atoms with Gasteiger partial charge in [0.2, 0.25) is 0 Å². The maximum absolute atomic E-state index is 5.20. The third kappa shape index (κ3) is 1.41. The van der Waals surface area contributed by atoms with Gasteiger partial charge in [-0.3, -0.25) is 0 Å². The van der Waals surface area contributed by atoms with E-state index in [9.17, 15) is 0 Å². The van der Waals surface area contributed by atoms with E-state index in [-0.39, 0.29) is 0 Å². The van der Waals surface area contributed by atoms with E-state index in [0.717, 1.165) is 27.3 Å². The van der Waals surface area contributed by atoms with Crippen LogP contribution >= 0.6 is 0 Å². The Hall–Kier alpha value is -2.02. The molecule has 0 saturated heterocycles. The molecule has 0 aliphatic carbocycles. The fourth-order valence-corrected chi connectivity index (χ4v) is 1.85. The molecular formula is C15H10O. The molecule has 2 radical (unpaired) electrons. The lowest BCUT2D eigenvalue weighted by atomic mass is 10.0. The molecule has 0 unspecified atom stereocenters. The summed E-state index contributed by atoms with van der Waals surface area (Å²) in [6, 6.07) is 20.8. The smallest absolute Gasteiger partial charge is 0.119 e. The van der Waals surface area contributed by atoms with E-state index in [0.29, 0.717) is 0 Å². The summed E-state index contributed by atoms with van der Waals surface area (Å²) in [6.45, 7) is 0. The van der Waals surface area contributed by atoms with Gasteiger partial charge in [-0.05, 0) is 45.8 Å². The van der Waals surface area contributed by atoms with Crippen LogP contribution < -0.4 is 4.74 Å². The summed E-state index contributed by atoms with van der Waals surface area (Å²) in [6.07, 6.45) is 0. The van der Waals surface area contributed by atoms with Crippen LogP contribution in [0.25, 0.3) is 21.5 Å². The third-order valence-electron chi connectivity index (χ3n) is 2.69. The largest absolute Gasteiger partial charge is 0.497 e. The standard InChI is InChI=1S/C15H10O/c1-16-15-7-6-13-8-11-4-2-3-5-12(11)9-14(13)10-15/h2-7,10H,1H3. The van der Waals surface area contributed by atoms with Gasteiger partial charge in [0.1, 0.15) is 5.75 Å². The quantitative estimate of drug-likeness (QED) is 0.553. The average Bonchev–Trinajstić information content (AvgIpc) is 2.35. The van der Waals surface area contributed by atoms with Crippen molar-refractivity contribution < 1.29 is 4.74 Å². The maximum atomic E-state index is 5.20. The third-order valence-corrected chi connectivity index (χ3v) is 2.69.